The molecule has 1 aliphatic rings. The lowest BCUT2D eigenvalue weighted by Gasteiger charge is -2.12. The molecule has 3 aromatic rings. The first-order chi connectivity index (χ1) is 16.6. The Balaban J connectivity index is 1.10. The fourth-order valence-electron chi connectivity index (χ4n) is 4.58. The van der Waals surface area contributed by atoms with Crippen molar-refractivity contribution in [3.05, 3.63) is 124 Å². The van der Waals surface area contributed by atoms with E-state index in [-0.39, 0.29) is 6.04 Å². The zero-order valence-corrected chi connectivity index (χ0v) is 20.3. The van der Waals surface area contributed by atoms with E-state index in [0.29, 0.717) is 0 Å². The molecular formula is C32H38N2. The van der Waals surface area contributed by atoms with Crippen LogP contribution in [-0.4, -0.2) is 6.04 Å². The van der Waals surface area contributed by atoms with Gasteiger partial charge in [0.15, 0.2) is 0 Å². The van der Waals surface area contributed by atoms with Crippen molar-refractivity contribution in [1.29, 1.82) is 0 Å². The van der Waals surface area contributed by atoms with Crippen molar-refractivity contribution in [2.75, 3.05) is 5.73 Å². The van der Waals surface area contributed by atoms with E-state index in [1.54, 1.807) is 0 Å². The monoisotopic (exact) mass is 450 g/mol. The normalized spacial score (nSPS) is 15.3. The zero-order valence-electron chi connectivity index (χ0n) is 20.3. The Morgan fingerprint density at radius 2 is 1.06 bits per heavy atom. The maximum atomic E-state index is 5.91. The highest BCUT2D eigenvalue weighted by Gasteiger charge is 2.05. The molecule has 4 rings (SSSR count). The summed E-state index contributed by atoms with van der Waals surface area (Å²) >= 11 is 0. The molecule has 176 valence electrons. The van der Waals surface area contributed by atoms with Crippen molar-refractivity contribution < 1.29 is 0 Å². The van der Waals surface area contributed by atoms with E-state index in [2.05, 4.69) is 78.9 Å². The van der Waals surface area contributed by atoms with Crippen LogP contribution < -0.4 is 11.5 Å². The zero-order chi connectivity index (χ0) is 23.6. The highest BCUT2D eigenvalue weighted by molar-refractivity contribution is 5.41. The van der Waals surface area contributed by atoms with E-state index in [1.165, 1.54) is 71.9 Å². The molecule has 0 fully saturated rings. The molecule has 0 heterocycles. The SMILES string of the molecule is Nc1ccc(Cc2ccc(CCCCCCc3ccc(CC4=CCC(N)C=C4)cc3)cc2)cc1. The lowest BCUT2D eigenvalue weighted by Crippen LogP contribution is -2.17. The van der Waals surface area contributed by atoms with Gasteiger partial charge in [0.25, 0.3) is 0 Å². The second-order valence-electron chi connectivity index (χ2n) is 9.68. The fourth-order valence-corrected chi connectivity index (χ4v) is 4.58. The summed E-state index contributed by atoms with van der Waals surface area (Å²) in [7, 11) is 0. The van der Waals surface area contributed by atoms with E-state index >= 15 is 0 Å². The second kappa shape index (κ2) is 12.4. The molecule has 1 unspecified atom stereocenters. The molecule has 0 spiro atoms. The minimum atomic E-state index is 0.192. The third-order valence-corrected chi connectivity index (χ3v) is 6.73. The number of aryl methyl sites for hydroxylation is 2. The highest BCUT2D eigenvalue weighted by Crippen LogP contribution is 2.18. The molecule has 4 N–H and O–H groups in total. The van der Waals surface area contributed by atoms with Crippen LogP contribution in [0.4, 0.5) is 5.69 Å². The van der Waals surface area contributed by atoms with E-state index in [0.717, 1.165) is 24.9 Å². The molecule has 0 amide bonds. The second-order valence-corrected chi connectivity index (χ2v) is 9.68. The average molecular weight is 451 g/mol. The van der Waals surface area contributed by atoms with Crippen molar-refractivity contribution in [1.82, 2.24) is 0 Å². The average Bonchev–Trinajstić information content (AvgIpc) is 2.86. The van der Waals surface area contributed by atoms with Crippen LogP contribution in [0.2, 0.25) is 0 Å². The molecule has 0 bridgehead atoms. The van der Waals surface area contributed by atoms with Gasteiger partial charge >= 0.3 is 0 Å². The largest absolute Gasteiger partial charge is 0.399 e. The number of hydrogen-bond donors (Lipinski definition) is 2. The van der Waals surface area contributed by atoms with Crippen molar-refractivity contribution in [3.8, 4) is 0 Å². The third-order valence-electron chi connectivity index (χ3n) is 6.73. The van der Waals surface area contributed by atoms with Gasteiger partial charge in [0.2, 0.25) is 0 Å². The van der Waals surface area contributed by atoms with Gasteiger partial charge < -0.3 is 11.5 Å². The topological polar surface area (TPSA) is 52.0 Å². The van der Waals surface area contributed by atoms with Gasteiger partial charge in [-0.25, -0.2) is 0 Å². The van der Waals surface area contributed by atoms with Gasteiger partial charge in [-0.3, -0.25) is 0 Å². The van der Waals surface area contributed by atoms with Gasteiger partial charge in [0, 0.05) is 11.7 Å². The number of allylic oxidation sites excluding steroid dienone is 2. The summed E-state index contributed by atoms with van der Waals surface area (Å²) in [6.45, 7) is 0. The molecule has 0 aliphatic heterocycles. The van der Waals surface area contributed by atoms with Crippen molar-refractivity contribution in [2.45, 2.75) is 63.8 Å². The predicted molar refractivity (Wildman–Crippen MR) is 146 cm³/mol. The van der Waals surface area contributed by atoms with Crippen molar-refractivity contribution in [2.24, 2.45) is 5.73 Å². The predicted octanol–water partition coefficient (Wildman–Crippen LogP) is 6.96. The van der Waals surface area contributed by atoms with E-state index in [1.807, 2.05) is 12.1 Å². The minimum absolute atomic E-state index is 0.192. The maximum Gasteiger partial charge on any atom is 0.0314 e. The summed E-state index contributed by atoms with van der Waals surface area (Å²) in [6.07, 6.45) is 17.0. The van der Waals surface area contributed by atoms with Gasteiger partial charge in [-0.1, -0.05) is 91.7 Å². The molecule has 3 aromatic carbocycles. The molecule has 34 heavy (non-hydrogen) atoms. The molecule has 0 saturated heterocycles. The Kier molecular flexibility index (Phi) is 8.76. The van der Waals surface area contributed by atoms with Gasteiger partial charge in [-0.15, -0.1) is 0 Å². The van der Waals surface area contributed by atoms with Crippen LogP contribution >= 0.6 is 0 Å². The van der Waals surface area contributed by atoms with Gasteiger partial charge in [0.1, 0.15) is 0 Å². The summed E-state index contributed by atoms with van der Waals surface area (Å²) in [6, 6.07) is 26.7. The highest BCUT2D eigenvalue weighted by atomic mass is 14.6. The molecule has 2 nitrogen and oxygen atoms in total. The minimum Gasteiger partial charge on any atom is -0.399 e. The first kappa shape index (κ1) is 24.0. The number of nitrogen functional groups attached to an aromatic ring is 1. The van der Waals surface area contributed by atoms with Crippen LogP contribution in [0.15, 0.2) is 96.6 Å². The molecule has 0 radical (unpaired) electrons. The first-order valence-electron chi connectivity index (χ1n) is 12.8. The van der Waals surface area contributed by atoms with Crippen LogP contribution in [0.25, 0.3) is 0 Å². The van der Waals surface area contributed by atoms with Crippen LogP contribution in [0.1, 0.15) is 59.9 Å². The Labute approximate surface area is 205 Å². The van der Waals surface area contributed by atoms with Crippen molar-refractivity contribution in [3.63, 3.8) is 0 Å². The number of rotatable bonds is 11. The lowest BCUT2D eigenvalue weighted by molar-refractivity contribution is 0.640. The molecular weight excluding hydrogens is 412 g/mol. The molecule has 2 heteroatoms. The Morgan fingerprint density at radius 1 is 0.588 bits per heavy atom. The number of nitrogens with two attached hydrogens (primary N) is 2. The molecule has 1 atom stereocenters. The summed E-state index contributed by atoms with van der Waals surface area (Å²) in [5.41, 5.74) is 20.8. The third kappa shape index (κ3) is 7.74. The number of hydrogen-bond acceptors (Lipinski definition) is 2. The summed E-state index contributed by atoms with van der Waals surface area (Å²) < 4.78 is 0. The maximum absolute atomic E-state index is 5.91. The van der Waals surface area contributed by atoms with Crippen LogP contribution in [0, 0.1) is 0 Å². The Hall–Kier alpha value is -3.10. The number of anilines is 1. The standard InChI is InChI=1S/C32H38N2/c33-31-19-15-29(16-20-31)23-27-11-7-25(8-12-27)5-3-1-2-4-6-26-9-13-28(14-10-26)24-30-17-21-32(34)22-18-30/h7-21,32H,1-6,22-24,33-34H2. The first-order valence-corrected chi connectivity index (χ1v) is 12.8. The van der Waals surface area contributed by atoms with Gasteiger partial charge in [0.05, 0.1) is 0 Å². The number of unbranched alkanes of at least 4 members (excludes halogenated alkanes) is 3. The van der Waals surface area contributed by atoms with Crippen molar-refractivity contribution >= 4 is 5.69 Å². The van der Waals surface area contributed by atoms with Gasteiger partial charge in [-0.05, 0) is 90.5 Å². The smallest absolute Gasteiger partial charge is 0.0314 e. The van der Waals surface area contributed by atoms with Crippen LogP contribution in [0.5, 0.6) is 0 Å². The molecule has 0 aromatic heterocycles. The van der Waals surface area contributed by atoms with Crippen LogP contribution in [-0.2, 0) is 25.7 Å². The Bertz CT molecular complexity index is 1070. The quantitative estimate of drug-likeness (QED) is 0.245. The van der Waals surface area contributed by atoms with Gasteiger partial charge in [-0.2, -0.15) is 0 Å². The van der Waals surface area contributed by atoms with E-state index < -0.39 is 0 Å². The fraction of sp³-hybridized carbons (Fsp3) is 0.312. The molecule has 1 aliphatic carbocycles. The summed E-state index contributed by atoms with van der Waals surface area (Å²) in [4.78, 5) is 0. The lowest BCUT2D eigenvalue weighted by atomic mass is 9.96. The number of benzene rings is 3. The van der Waals surface area contributed by atoms with E-state index in [4.69, 9.17) is 11.5 Å². The summed E-state index contributed by atoms with van der Waals surface area (Å²) in [5, 5.41) is 0. The Morgan fingerprint density at radius 3 is 1.56 bits per heavy atom. The van der Waals surface area contributed by atoms with Crippen LogP contribution in [0.3, 0.4) is 0 Å². The van der Waals surface area contributed by atoms with E-state index in [9.17, 15) is 0 Å². The summed E-state index contributed by atoms with van der Waals surface area (Å²) in [5.74, 6) is 0. The molecule has 0 saturated carbocycles.